The molecule has 25 heavy (non-hydrogen) atoms. The predicted octanol–water partition coefficient (Wildman–Crippen LogP) is 1.95. The molecule has 1 aliphatic heterocycles. The number of imidazole rings is 1. The highest BCUT2D eigenvalue weighted by atomic mass is 79.9. The molecule has 2 aliphatic rings. The summed E-state index contributed by atoms with van der Waals surface area (Å²) in [6.45, 7) is 1.93. The molecule has 0 unspecified atom stereocenters. The lowest BCUT2D eigenvalue weighted by Crippen LogP contribution is -2.48. The van der Waals surface area contributed by atoms with Crippen molar-refractivity contribution in [3.63, 3.8) is 0 Å². The lowest BCUT2D eigenvalue weighted by Gasteiger charge is -2.34. The molecule has 0 saturated heterocycles. The molecule has 0 bridgehead atoms. The second-order valence-corrected chi connectivity index (χ2v) is 7.70. The van der Waals surface area contributed by atoms with Crippen LogP contribution in [0.15, 0.2) is 41.4 Å². The van der Waals surface area contributed by atoms with Crippen LogP contribution in [0.25, 0.3) is 0 Å². The van der Waals surface area contributed by atoms with Crippen molar-refractivity contribution < 1.29 is 9.59 Å². The highest BCUT2D eigenvalue weighted by Gasteiger charge is 2.51. The Labute approximate surface area is 154 Å². The molecule has 130 valence electrons. The number of carbonyl (C=O) groups is 2. The Morgan fingerprint density at radius 2 is 2.20 bits per heavy atom. The molecule has 4 rings (SSSR count). The Morgan fingerprint density at radius 3 is 2.92 bits per heavy atom. The van der Waals surface area contributed by atoms with E-state index < -0.39 is 0 Å². The van der Waals surface area contributed by atoms with Gasteiger partial charge in [0.1, 0.15) is 0 Å². The van der Waals surface area contributed by atoms with E-state index in [0.29, 0.717) is 19.6 Å². The minimum absolute atomic E-state index is 0.0457. The van der Waals surface area contributed by atoms with Gasteiger partial charge in [0, 0.05) is 47.5 Å². The van der Waals surface area contributed by atoms with E-state index in [1.165, 1.54) is 0 Å². The van der Waals surface area contributed by atoms with Crippen LogP contribution in [0.4, 0.5) is 0 Å². The van der Waals surface area contributed by atoms with Gasteiger partial charge in [0.15, 0.2) is 0 Å². The first kappa shape index (κ1) is 16.3. The van der Waals surface area contributed by atoms with Crippen LogP contribution >= 0.6 is 15.9 Å². The van der Waals surface area contributed by atoms with Crippen LogP contribution in [-0.4, -0.2) is 45.9 Å². The molecule has 7 heteroatoms. The molecule has 1 aromatic carbocycles. The number of rotatable bonds is 5. The topological polar surface area (TPSA) is 67.2 Å². The van der Waals surface area contributed by atoms with Gasteiger partial charge in [-0.05, 0) is 36.6 Å². The largest absolute Gasteiger partial charge is 0.353 e. The highest BCUT2D eigenvalue weighted by molar-refractivity contribution is 9.10. The Kier molecular flexibility index (Phi) is 4.11. The van der Waals surface area contributed by atoms with Gasteiger partial charge in [-0.2, -0.15) is 0 Å². The molecule has 0 radical (unpaired) electrons. The molecule has 1 spiro atoms. The van der Waals surface area contributed by atoms with E-state index in [-0.39, 0.29) is 23.8 Å². The third-order valence-electron chi connectivity index (χ3n) is 5.00. The number of hydrogen-bond donors (Lipinski definition) is 1. The zero-order valence-corrected chi connectivity index (χ0v) is 15.3. The molecule has 1 N–H and O–H groups in total. The molecular weight excluding hydrogens is 384 g/mol. The van der Waals surface area contributed by atoms with Crippen LogP contribution < -0.4 is 5.32 Å². The molecule has 1 aliphatic carbocycles. The number of nitrogens with one attached hydrogen (secondary N) is 1. The number of hydrogen-bond acceptors (Lipinski definition) is 3. The van der Waals surface area contributed by atoms with Crippen molar-refractivity contribution in [2.45, 2.75) is 24.8 Å². The van der Waals surface area contributed by atoms with Gasteiger partial charge in [0.05, 0.1) is 12.9 Å². The van der Waals surface area contributed by atoms with Gasteiger partial charge in [-0.3, -0.25) is 9.59 Å². The van der Waals surface area contributed by atoms with Crippen LogP contribution in [0, 0.1) is 0 Å². The van der Waals surface area contributed by atoms with E-state index in [4.69, 9.17) is 0 Å². The number of aromatic nitrogens is 2. The zero-order chi connectivity index (χ0) is 17.4. The minimum atomic E-state index is -0.121. The van der Waals surface area contributed by atoms with Crippen LogP contribution in [0.5, 0.6) is 0 Å². The number of carbonyl (C=O) groups excluding carboxylic acids is 2. The SMILES string of the molecule is O=C(CN1CC2(CC2)c2cc(Br)ccc2C1=O)NCCn1ccnc1. The van der Waals surface area contributed by atoms with Crippen molar-refractivity contribution in [2.24, 2.45) is 0 Å². The average Bonchev–Trinajstić information content (AvgIpc) is 3.16. The first-order valence-corrected chi connectivity index (χ1v) is 9.18. The van der Waals surface area contributed by atoms with Crippen LogP contribution in [0.3, 0.4) is 0 Å². The zero-order valence-electron chi connectivity index (χ0n) is 13.7. The first-order valence-electron chi connectivity index (χ1n) is 8.39. The number of fused-ring (bicyclic) bond motifs is 2. The summed E-state index contributed by atoms with van der Waals surface area (Å²) in [5.74, 6) is -0.172. The van der Waals surface area contributed by atoms with E-state index in [0.717, 1.165) is 28.4 Å². The standard InChI is InChI=1S/C18H19BrN4O2/c19-13-1-2-14-15(9-13)18(3-4-18)11-23(17(14)25)10-16(24)21-6-8-22-7-5-20-12-22/h1-2,5,7,9,12H,3-4,6,8,10-11H2,(H,21,24). The summed E-state index contributed by atoms with van der Waals surface area (Å²) < 4.78 is 2.90. The maximum absolute atomic E-state index is 12.8. The summed E-state index contributed by atoms with van der Waals surface area (Å²) >= 11 is 3.49. The molecule has 0 atom stereocenters. The summed E-state index contributed by atoms with van der Waals surface area (Å²) in [6.07, 6.45) is 7.42. The number of amides is 2. The molecule has 2 amide bonds. The van der Waals surface area contributed by atoms with Crippen molar-refractivity contribution in [3.05, 3.63) is 52.5 Å². The Morgan fingerprint density at radius 1 is 1.36 bits per heavy atom. The van der Waals surface area contributed by atoms with Gasteiger partial charge in [-0.15, -0.1) is 0 Å². The monoisotopic (exact) mass is 402 g/mol. The van der Waals surface area contributed by atoms with Crippen LogP contribution in [-0.2, 0) is 16.8 Å². The summed E-state index contributed by atoms with van der Waals surface area (Å²) in [5, 5.41) is 2.88. The number of benzene rings is 1. The minimum Gasteiger partial charge on any atom is -0.353 e. The number of nitrogens with zero attached hydrogens (tertiary/aromatic N) is 3. The van der Waals surface area contributed by atoms with Crippen molar-refractivity contribution in [1.82, 2.24) is 19.8 Å². The van der Waals surface area contributed by atoms with Crippen molar-refractivity contribution in [3.8, 4) is 0 Å². The smallest absolute Gasteiger partial charge is 0.254 e. The molecular formula is C18H19BrN4O2. The molecule has 1 saturated carbocycles. The normalized spacial score (nSPS) is 17.5. The van der Waals surface area contributed by atoms with Gasteiger partial charge >= 0.3 is 0 Å². The lowest BCUT2D eigenvalue weighted by atomic mass is 9.86. The second kappa shape index (κ2) is 6.29. The quantitative estimate of drug-likeness (QED) is 0.830. The number of halogens is 1. The van der Waals surface area contributed by atoms with Gasteiger partial charge in [-0.25, -0.2) is 4.98 Å². The molecule has 2 aromatic rings. The van der Waals surface area contributed by atoms with Gasteiger partial charge in [-0.1, -0.05) is 15.9 Å². The van der Waals surface area contributed by atoms with E-state index in [9.17, 15) is 9.59 Å². The van der Waals surface area contributed by atoms with Crippen molar-refractivity contribution >= 4 is 27.7 Å². The maximum Gasteiger partial charge on any atom is 0.254 e. The summed E-state index contributed by atoms with van der Waals surface area (Å²) in [4.78, 5) is 30.7. The van der Waals surface area contributed by atoms with E-state index in [1.54, 1.807) is 17.4 Å². The van der Waals surface area contributed by atoms with Crippen molar-refractivity contribution in [2.75, 3.05) is 19.6 Å². The summed E-state index contributed by atoms with van der Waals surface area (Å²) in [6, 6.07) is 5.81. The van der Waals surface area contributed by atoms with Crippen molar-refractivity contribution in [1.29, 1.82) is 0 Å². The van der Waals surface area contributed by atoms with Crippen LogP contribution in [0.2, 0.25) is 0 Å². The van der Waals surface area contributed by atoms with Gasteiger partial charge in [0.25, 0.3) is 5.91 Å². The molecule has 1 aromatic heterocycles. The first-order chi connectivity index (χ1) is 12.1. The van der Waals surface area contributed by atoms with E-state index in [1.807, 2.05) is 22.9 Å². The summed E-state index contributed by atoms with van der Waals surface area (Å²) in [5.41, 5.74) is 1.91. The molecule has 1 fully saturated rings. The fraction of sp³-hybridized carbons (Fsp3) is 0.389. The molecule has 6 nitrogen and oxygen atoms in total. The van der Waals surface area contributed by atoms with E-state index >= 15 is 0 Å². The molecule has 2 heterocycles. The lowest BCUT2D eigenvalue weighted by molar-refractivity contribution is -0.121. The maximum atomic E-state index is 12.8. The van der Waals surface area contributed by atoms with Crippen LogP contribution in [0.1, 0.15) is 28.8 Å². The summed E-state index contributed by atoms with van der Waals surface area (Å²) in [7, 11) is 0. The predicted molar refractivity (Wildman–Crippen MR) is 96.2 cm³/mol. The Balaban J connectivity index is 1.40. The average molecular weight is 403 g/mol. The van der Waals surface area contributed by atoms with E-state index in [2.05, 4.69) is 32.3 Å². The fourth-order valence-corrected chi connectivity index (χ4v) is 3.87. The second-order valence-electron chi connectivity index (χ2n) is 6.78. The van der Waals surface area contributed by atoms with Gasteiger partial charge in [0.2, 0.25) is 5.91 Å². The van der Waals surface area contributed by atoms with Gasteiger partial charge < -0.3 is 14.8 Å². The third kappa shape index (κ3) is 3.20. The third-order valence-corrected chi connectivity index (χ3v) is 5.50. The Bertz CT molecular complexity index is 814. The fourth-order valence-electron chi connectivity index (χ4n) is 3.51. The Hall–Kier alpha value is -2.15. The highest BCUT2D eigenvalue weighted by Crippen LogP contribution is 2.52.